The normalized spacial score (nSPS) is 15.0. The van der Waals surface area contributed by atoms with Crippen molar-refractivity contribution >= 4 is 29.0 Å². The molecule has 30 heavy (non-hydrogen) atoms. The van der Waals surface area contributed by atoms with Crippen LogP contribution in [-0.2, 0) is 17.8 Å². The summed E-state index contributed by atoms with van der Waals surface area (Å²) in [6.45, 7) is 8.69. The Kier molecular flexibility index (Phi) is 7.00. The first kappa shape index (κ1) is 21.7. The monoisotopic (exact) mass is 423 g/mol. The van der Waals surface area contributed by atoms with E-state index < -0.39 is 0 Å². The third-order valence-corrected chi connectivity index (χ3v) is 5.57. The molecular weight excluding hydrogens is 398 g/mol. The number of benzene rings is 2. The van der Waals surface area contributed by atoms with E-state index in [9.17, 15) is 9.59 Å². The molecule has 2 amide bonds. The Morgan fingerprint density at radius 3 is 2.47 bits per heavy atom. The van der Waals surface area contributed by atoms with Crippen LogP contribution in [0.1, 0.15) is 29.2 Å². The number of nitrogens with zero attached hydrogens (tertiary/aromatic N) is 1. The zero-order valence-electron chi connectivity index (χ0n) is 17.4. The Balaban J connectivity index is 1.95. The van der Waals surface area contributed by atoms with Crippen LogP contribution in [0.25, 0.3) is 6.08 Å². The van der Waals surface area contributed by atoms with Gasteiger partial charge in [0.15, 0.2) is 11.5 Å². The number of carbonyl (C=O) groups excluding carboxylic acids is 2. The van der Waals surface area contributed by atoms with Crippen LogP contribution in [0.4, 0.5) is 4.79 Å². The van der Waals surface area contributed by atoms with Gasteiger partial charge in [0.2, 0.25) is 0 Å². The molecule has 2 aromatic carbocycles. The molecule has 0 radical (unpaired) electrons. The number of aryl methyl sites for hydroxylation is 1. The molecule has 1 fully saturated rings. The molecule has 0 unspecified atom stereocenters. The molecule has 2 aromatic rings. The summed E-state index contributed by atoms with van der Waals surface area (Å²) in [6.07, 6.45) is 4.10. The lowest BCUT2D eigenvalue weighted by Gasteiger charge is -2.17. The highest BCUT2D eigenvalue weighted by molar-refractivity contribution is 8.18. The molecule has 1 aliphatic rings. The van der Waals surface area contributed by atoms with Crippen molar-refractivity contribution in [3.63, 3.8) is 0 Å². The minimum absolute atomic E-state index is 0.277. The number of hydrogen-bond acceptors (Lipinski definition) is 5. The van der Waals surface area contributed by atoms with Gasteiger partial charge >= 0.3 is 0 Å². The lowest BCUT2D eigenvalue weighted by molar-refractivity contribution is -0.121. The largest absolute Gasteiger partial charge is 0.490 e. The number of amides is 2. The molecule has 5 nitrogen and oxygen atoms in total. The van der Waals surface area contributed by atoms with E-state index >= 15 is 0 Å². The van der Waals surface area contributed by atoms with E-state index in [4.69, 9.17) is 9.47 Å². The number of allylic oxidation sites excluding steroid dienone is 1. The Morgan fingerprint density at radius 2 is 1.87 bits per heavy atom. The van der Waals surface area contributed by atoms with Crippen LogP contribution in [0, 0.1) is 6.92 Å². The van der Waals surface area contributed by atoms with Crippen molar-refractivity contribution in [2.45, 2.75) is 26.9 Å². The molecular formula is C24H25NO4S. The highest BCUT2D eigenvalue weighted by atomic mass is 32.2. The summed E-state index contributed by atoms with van der Waals surface area (Å²) in [5.41, 5.74) is 3.94. The van der Waals surface area contributed by atoms with Gasteiger partial charge in [-0.3, -0.25) is 14.5 Å². The van der Waals surface area contributed by atoms with E-state index in [-0.39, 0.29) is 11.1 Å². The molecule has 6 heteroatoms. The first-order valence-corrected chi connectivity index (χ1v) is 10.5. The van der Waals surface area contributed by atoms with E-state index in [2.05, 4.69) is 18.7 Å². The lowest BCUT2D eigenvalue weighted by atomic mass is 10.0. The van der Waals surface area contributed by atoms with E-state index in [1.807, 2.05) is 38.1 Å². The van der Waals surface area contributed by atoms with E-state index in [1.165, 1.54) is 12.6 Å². The topological polar surface area (TPSA) is 55.8 Å². The van der Waals surface area contributed by atoms with Crippen molar-refractivity contribution in [2.75, 3.05) is 13.7 Å². The summed E-state index contributed by atoms with van der Waals surface area (Å²) in [6, 6.07) is 12.0. The number of likely N-dealkylation sites (N-methyl/N-ethyl adjacent to an activating group) is 1. The Labute approximate surface area is 181 Å². The number of thioether (sulfide) groups is 1. The Hall–Kier alpha value is -2.99. The summed E-state index contributed by atoms with van der Waals surface area (Å²) >= 11 is 0.934. The molecule has 0 atom stereocenters. The van der Waals surface area contributed by atoms with Gasteiger partial charge in [0.1, 0.15) is 6.61 Å². The van der Waals surface area contributed by atoms with Gasteiger partial charge in [-0.05, 0) is 61.4 Å². The van der Waals surface area contributed by atoms with Crippen LogP contribution in [0.5, 0.6) is 11.5 Å². The molecule has 3 rings (SSSR count). The Morgan fingerprint density at radius 1 is 1.13 bits per heavy atom. The maximum atomic E-state index is 12.2. The van der Waals surface area contributed by atoms with Crippen molar-refractivity contribution in [1.29, 1.82) is 0 Å². The fraction of sp³-hybridized carbons (Fsp3) is 0.250. The summed E-state index contributed by atoms with van der Waals surface area (Å²) in [4.78, 5) is 25.5. The third kappa shape index (κ3) is 4.94. The van der Waals surface area contributed by atoms with Crippen LogP contribution in [0.2, 0.25) is 0 Å². The molecule has 0 aromatic heterocycles. The maximum Gasteiger partial charge on any atom is 0.293 e. The predicted octanol–water partition coefficient (Wildman–Crippen LogP) is 5.37. The van der Waals surface area contributed by atoms with Gasteiger partial charge in [-0.15, -0.1) is 6.58 Å². The number of imide groups is 1. The van der Waals surface area contributed by atoms with Crippen LogP contribution in [-0.4, -0.2) is 29.7 Å². The average molecular weight is 424 g/mol. The van der Waals surface area contributed by atoms with Crippen molar-refractivity contribution in [3.8, 4) is 11.5 Å². The third-order valence-electron chi connectivity index (χ3n) is 4.61. The molecule has 0 bridgehead atoms. The van der Waals surface area contributed by atoms with Gasteiger partial charge in [0.05, 0.1) is 11.5 Å². The molecule has 0 saturated carbocycles. The van der Waals surface area contributed by atoms with Crippen LogP contribution >= 0.6 is 11.8 Å². The minimum Gasteiger partial charge on any atom is -0.490 e. The molecule has 156 valence electrons. The lowest BCUT2D eigenvalue weighted by Crippen LogP contribution is -2.22. The first-order chi connectivity index (χ1) is 14.4. The molecule has 1 aliphatic heterocycles. The smallest absolute Gasteiger partial charge is 0.293 e. The van der Waals surface area contributed by atoms with Gasteiger partial charge in [0.25, 0.3) is 11.1 Å². The summed E-state index contributed by atoms with van der Waals surface area (Å²) in [7, 11) is 1.48. The quantitative estimate of drug-likeness (QED) is 0.422. The first-order valence-electron chi connectivity index (χ1n) is 9.73. The molecule has 1 heterocycles. The van der Waals surface area contributed by atoms with Gasteiger partial charge in [-0.25, -0.2) is 0 Å². The van der Waals surface area contributed by atoms with Crippen molar-refractivity contribution < 1.29 is 19.1 Å². The summed E-state index contributed by atoms with van der Waals surface area (Å²) < 4.78 is 12.0. The van der Waals surface area contributed by atoms with Crippen molar-refractivity contribution in [2.24, 2.45) is 0 Å². The van der Waals surface area contributed by atoms with Gasteiger partial charge < -0.3 is 9.47 Å². The van der Waals surface area contributed by atoms with Gasteiger partial charge in [0, 0.05) is 12.6 Å². The van der Waals surface area contributed by atoms with E-state index in [1.54, 1.807) is 12.2 Å². The van der Waals surface area contributed by atoms with Gasteiger partial charge in [-0.1, -0.05) is 35.9 Å². The van der Waals surface area contributed by atoms with Crippen LogP contribution in [0.15, 0.2) is 54.0 Å². The molecule has 0 aliphatic carbocycles. The average Bonchev–Trinajstić information content (AvgIpc) is 2.96. The highest BCUT2D eigenvalue weighted by Gasteiger charge is 2.31. The maximum absolute atomic E-state index is 12.2. The highest BCUT2D eigenvalue weighted by Crippen LogP contribution is 2.37. The minimum atomic E-state index is -0.298. The molecule has 0 N–H and O–H groups in total. The SMILES string of the molecule is C=CCc1cc(/C=C2\SC(=O)N(C)C2=O)cc(OCC)c1OCc1ccc(C)cc1. The van der Waals surface area contributed by atoms with E-state index in [0.717, 1.165) is 33.4 Å². The van der Waals surface area contributed by atoms with Crippen molar-refractivity contribution in [3.05, 3.63) is 76.2 Å². The second-order valence-electron chi connectivity index (χ2n) is 6.95. The summed E-state index contributed by atoms with van der Waals surface area (Å²) in [5.74, 6) is 0.969. The summed E-state index contributed by atoms with van der Waals surface area (Å²) in [5, 5.41) is -0.277. The molecule has 1 saturated heterocycles. The molecule has 0 spiro atoms. The second-order valence-corrected chi connectivity index (χ2v) is 7.94. The van der Waals surface area contributed by atoms with Crippen molar-refractivity contribution in [1.82, 2.24) is 4.90 Å². The zero-order valence-corrected chi connectivity index (χ0v) is 18.3. The standard InChI is InChI=1S/C24H25NO4S/c1-5-7-19-12-18(14-21-23(26)25(4)24(27)30-21)13-20(28-6-2)22(19)29-15-17-10-8-16(3)9-11-17/h5,8-14H,1,6-7,15H2,2-4H3/b21-14-. The Bertz CT molecular complexity index is 995. The number of hydrogen-bond donors (Lipinski definition) is 0. The fourth-order valence-electron chi connectivity index (χ4n) is 3.04. The van der Waals surface area contributed by atoms with E-state index in [0.29, 0.717) is 36.0 Å². The zero-order chi connectivity index (χ0) is 21.7. The number of ether oxygens (including phenoxy) is 2. The van der Waals surface area contributed by atoms with Gasteiger partial charge in [-0.2, -0.15) is 0 Å². The predicted molar refractivity (Wildman–Crippen MR) is 121 cm³/mol. The van der Waals surface area contributed by atoms with Crippen LogP contribution in [0.3, 0.4) is 0 Å². The number of carbonyl (C=O) groups is 2. The fourth-order valence-corrected chi connectivity index (χ4v) is 3.86. The second kappa shape index (κ2) is 9.67. The van der Waals surface area contributed by atoms with Crippen LogP contribution < -0.4 is 9.47 Å². The number of rotatable bonds is 8.